The van der Waals surface area contributed by atoms with E-state index in [1.165, 1.54) is 6.07 Å². The van der Waals surface area contributed by atoms with Crippen LogP contribution in [0.2, 0.25) is 0 Å². The highest BCUT2D eigenvalue weighted by Gasteiger charge is 2.44. The van der Waals surface area contributed by atoms with E-state index in [0.29, 0.717) is 31.2 Å². The van der Waals surface area contributed by atoms with Gasteiger partial charge in [-0.25, -0.2) is 4.39 Å². The Morgan fingerprint density at radius 2 is 1.90 bits per heavy atom. The molecule has 5 nitrogen and oxygen atoms in total. The van der Waals surface area contributed by atoms with Crippen molar-refractivity contribution in [1.82, 2.24) is 16.0 Å². The van der Waals surface area contributed by atoms with E-state index in [4.69, 9.17) is 0 Å². The number of amides is 1. The van der Waals surface area contributed by atoms with Gasteiger partial charge in [-0.2, -0.15) is 0 Å². The Balaban J connectivity index is 1.54. The molecule has 1 aliphatic carbocycles. The van der Waals surface area contributed by atoms with Gasteiger partial charge in [-0.05, 0) is 54.7 Å². The van der Waals surface area contributed by atoms with Crippen molar-refractivity contribution in [2.75, 3.05) is 20.1 Å². The molecule has 154 valence electrons. The highest BCUT2D eigenvalue weighted by atomic mass is 19.1. The van der Waals surface area contributed by atoms with Crippen molar-refractivity contribution < 1.29 is 9.18 Å². The van der Waals surface area contributed by atoms with Gasteiger partial charge in [-0.3, -0.25) is 9.79 Å². The summed E-state index contributed by atoms with van der Waals surface area (Å²) in [4.78, 5) is 16.4. The lowest BCUT2D eigenvalue weighted by atomic mass is 9.96. The number of hydrogen-bond acceptors (Lipinski definition) is 2. The first-order valence-electron chi connectivity index (χ1n) is 10.1. The molecular formula is C23H29FN4O. The fourth-order valence-electron chi connectivity index (χ4n) is 3.36. The SMILES string of the molecule is CCCNC(=O)c1cccc(CNC(=NC)NCC2(c3cccc(F)c3)CC2)c1. The second kappa shape index (κ2) is 9.54. The Kier molecular flexibility index (Phi) is 6.86. The molecule has 0 aromatic heterocycles. The van der Waals surface area contributed by atoms with Gasteiger partial charge in [0.05, 0.1) is 0 Å². The molecule has 2 aromatic rings. The van der Waals surface area contributed by atoms with Crippen LogP contribution >= 0.6 is 0 Å². The zero-order chi connectivity index (χ0) is 20.7. The molecule has 0 bridgehead atoms. The maximum absolute atomic E-state index is 13.6. The Labute approximate surface area is 171 Å². The minimum Gasteiger partial charge on any atom is -0.356 e. The van der Waals surface area contributed by atoms with E-state index in [-0.39, 0.29) is 17.1 Å². The van der Waals surface area contributed by atoms with Crippen molar-refractivity contribution in [3.8, 4) is 0 Å². The Hall–Kier alpha value is -2.89. The van der Waals surface area contributed by atoms with E-state index in [2.05, 4.69) is 20.9 Å². The minimum absolute atomic E-state index is 0.0169. The second-order valence-electron chi connectivity index (χ2n) is 7.53. The summed E-state index contributed by atoms with van der Waals surface area (Å²) in [6.45, 7) is 3.96. The maximum atomic E-state index is 13.6. The number of aliphatic imine (C=N–C) groups is 1. The van der Waals surface area contributed by atoms with Crippen LogP contribution in [0.15, 0.2) is 53.5 Å². The Bertz CT molecular complexity index is 877. The van der Waals surface area contributed by atoms with Crippen molar-refractivity contribution in [2.45, 2.75) is 38.1 Å². The molecule has 0 aliphatic heterocycles. The predicted molar refractivity (Wildman–Crippen MR) is 115 cm³/mol. The summed E-state index contributed by atoms with van der Waals surface area (Å²) in [5.74, 6) is 0.439. The number of rotatable bonds is 8. The lowest BCUT2D eigenvalue weighted by molar-refractivity contribution is 0.0953. The van der Waals surface area contributed by atoms with Crippen molar-refractivity contribution in [1.29, 1.82) is 0 Å². The van der Waals surface area contributed by atoms with Crippen LogP contribution in [-0.4, -0.2) is 32.0 Å². The fraction of sp³-hybridized carbons (Fsp3) is 0.391. The first kappa shape index (κ1) is 20.8. The highest BCUT2D eigenvalue weighted by molar-refractivity contribution is 5.94. The van der Waals surface area contributed by atoms with Crippen LogP contribution < -0.4 is 16.0 Å². The largest absolute Gasteiger partial charge is 0.356 e. The van der Waals surface area contributed by atoms with Crippen LogP contribution in [0.5, 0.6) is 0 Å². The third-order valence-corrected chi connectivity index (χ3v) is 5.29. The maximum Gasteiger partial charge on any atom is 0.251 e. The molecule has 0 unspecified atom stereocenters. The van der Waals surface area contributed by atoms with Gasteiger partial charge in [0.1, 0.15) is 5.82 Å². The quantitative estimate of drug-likeness (QED) is 0.474. The molecule has 0 radical (unpaired) electrons. The summed E-state index contributed by atoms with van der Waals surface area (Å²) in [7, 11) is 1.73. The van der Waals surface area contributed by atoms with Crippen molar-refractivity contribution >= 4 is 11.9 Å². The zero-order valence-electron chi connectivity index (χ0n) is 17.1. The lowest BCUT2D eigenvalue weighted by Gasteiger charge is -2.19. The summed E-state index contributed by atoms with van der Waals surface area (Å²) in [6.07, 6.45) is 2.98. The molecule has 1 fully saturated rings. The molecule has 2 aromatic carbocycles. The van der Waals surface area contributed by atoms with Gasteiger partial charge in [0.25, 0.3) is 5.91 Å². The standard InChI is InChI=1S/C23H29FN4O/c1-3-12-26-21(29)18-7-4-6-17(13-18)15-27-22(25-2)28-16-23(10-11-23)19-8-5-9-20(24)14-19/h4-9,13-14H,3,10-12,15-16H2,1-2H3,(H,26,29)(H2,25,27,28). The van der Waals surface area contributed by atoms with Gasteiger partial charge >= 0.3 is 0 Å². The van der Waals surface area contributed by atoms with Crippen LogP contribution in [0.25, 0.3) is 0 Å². The number of carbonyl (C=O) groups excluding carboxylic acids is 1. The number of guanidine groups is 1. The van der Waals surface area contributed by atoms with E-state index in [9.17, 15) is 9.18 Å². The molecule has 0 saturated heterocycles. The number of nitrogens with zero attached hydrogens (tertiary/aromatic N) is 1. The first-order valence-corrected chi connectivity index (χ1v) is 10.1. The highest BCUT2D eigenvalue weighted by Crippen LogP contribution is 2.47. The van der Waals surface area contributed by atoms with Gasteiger partial charge in [-0.1, -0.05) is 31.2 Å². The molecule has 1 aliphatic rings. The predicted octanol–water partition coefficient (Wildman–Crippen LogP) is 3.36. The fourth-order valence-corrected chi connectivity index (χ4v) is 3.36. The van der Waals surface area contributed by atoms with Crippen LogP contribution in [0.1, 0.15) is 47.7 Å². The molecule has 6 heteroatoms. The van der Waals surface area contributed by atoms with E-state index in [0.717, 1.165) is 30.4 Å². The first-order chi connectivity index (χ1) is 14.1. The Morgan fingerprint density at radius 3 is 2.59 bits per heavy atom. The van der Waals surface area contributed by atoms with Crippen molar-refractivity contribution in [3.63, 3.8) is 0 Å². The molecule has 1 amide bonds. The average molecular weight is 397 g/mol. The topological polar surface area (TPSA) is 65.5 Å². The number of carbonyl (C=O) groups is 1. The van der Waals surface area contributed by atoms with Crippen molar-refractivity contribution in [3.05, 3.63) is 71.0 Å². The van der Waals surface area contributed by atoms with Gasteiger partial charge in [0.15, 0.2) is 5.96 Å². The number of hydrogen-bond donors (Lipinski definition) is 3. The smallest absolute Gasteiger partial charge is 0.251 e. The van der Waals surface area contributed by atoms with Crippen LogP contribution in [0.3, 0.4) is 0 Å². The summed E-state index contributed by atoms with van der Waals surface area (Å²) in [5, 5.41) is 9.55. The van der Waals surface area contributed by atoms with Crippen LogP contribution in [0, 0.1) is 5.82 Å². The van der Waals surface area contributed by atoms with Gasteiger partial charge < -0.3 is 16.0 Å². The molecule has 3 N–H and O–H groups in total. The molecular weight excluding hydrogens is 367 g/mol. The van der Waals surface area contributed by atoms with Crippen molar-refractivity contribution in [2.24, 2.45) is 4.99 Å². The van der Waals surface area contributed by atoms with E-state index >= 15 is 0 Å². The number of benzene rings is 2. The number of halogens is 1. The monoisotopic (exact) mass is 396 g/mol. The molecule has 0 spiro atoms. The second-order valence-corrected chi connectivity index (χ2v) is 7.53. The number of nitrogens with one attached hydrogen (secondary N) is 3. The zero-order valence-corrected chi connectivity index (χ0v) is 17.1. The Morgan fingerprint density at radius 1 is 1.10 bits per heavy atom. The summed E-state index contributed by atoms with van der Waals surface area (Å²) >= 11 is 0. The normalized spacial score (nSPS) is 14.9. The third-order valence-electron chi connectivity index (χ3n) is 5.29. The third kappa shape index (κ3) is 5.56. The van der Waals surface area contributed by atoms with E-state index in [1.807, 2.05) is 37.3 Å². The molecule has 3 rings (SSSR count). The van der Waals surface area contributed by atoms with Gasteiger partial charge in [0.2, 0.25) is 0 Å². The summed E-state index contributed by atoms with van der Waals surface area (Å²) in [6, 6.07) is 14.4. The molecule has 0 heterocycles. The van der Waals surface area contributed by atoms with Crippen LogP contribution in [0.4, 0.5) is 4.39 Å². The van der Waals surface area contributed by atoms with Gasteiger partial charge in [0, 0.05) is 37.7 Å². The average Bonchev–Trinajstić information content (AvgIpc) is 3.53. The van der Waals surface area contributed by atoms with E-state index < -0.39 is 0 Å². The van der Waals surface area contributed by atoms with Gasteiger partial charge in [-0.15, -0.1) is 0 Å². The lowest BCUT2D eigenvalue weighted by Crippen LogP contribution is -2.41. The summed E-state index contributed by atoms with van der Waals surface area (Å²) < 4.78 is 13.6. The molecule has 29 heavy (non-hydrogen) atoms. The summed E-state index contributed by atoms with van der Waals surface area (Å²) in [5.41, 5.74) is 2.68. The molecule has 1 saturated carbocycles. The minimum atomic E-state index is -0.195. The van der Waals surface area contributed by atoms with Crippen LogP contribution in [-0.2, 0) is 12.0 Å². The van der Waals surface area contributed by atoms with E-state index in [1.54, 1.807) is 19.2 Å². The molecule has 0 atom stereocenters.